The van der Waals surface area contributed by atoms with Crippen LogP contribution in [0.25, 0.3) is 0 Å². The van der Waals surface area contributed by atoms with E-state index in [1.165, 1.54) is 21.0 Å². The summed E-state index contributed by atoms with van der Waals surface area (Å²) in [7, 11) is 1.39. The monoisotopic (exact) mass is 364 g/mol. The molecule has 5 atom stereocenters. The zero-order valence-electron chi connectivity index (χ0n) is 14.7. The van der Waals surface area contributed by atoms with Crippen LogP contribution in [-0.2, 0) is 33.3 Å². The molecule has 0 bridgehead atoms. The number of carbonyl (C=O) groups excluding carboxylic acids is 3. The Hall–Kier alpha value is -2.45. The molecule has 1 spiro atoms. The summed E-state index contributed by atoms with van der Waals surface area (Å²) in [5.41, 5.74) is -0.687. The Bertz CT molecular complexity index is 702. The number of rotatable bonds is 5. The molecule has 8 heteroatoms. The van der Waals surface area contributed by atoms with Crippen LogP contribution in [0.2, 0.25) is 0 Å². The van der Waals surface area contributed by atoms with E-state index in [2.05, 4.69) is 0 Å². The Morgan fingerprint density at radius 3 is 2.27 bits per heavy atom. The second-order valence-corrected chi connectivity index (χ2v) is 6.25. The highest BCUT2D eigenvalue weighted by atomic mass is 16.8. The third kappa shape index (κ3) is 3.42. The third-order valence-corrected chi connectivity index (χ3v) is 4.36. The lowest BCUT2D eigenvalue weighted by Crippen LogP contribution is -2.42. The van der Waals surface area contributed by atoms with Gasteiger partial charge in [0.2, 0.25) is 0 Å². The molecule has 1 aromatic rings. The van der Waals surface area contributed by atoms with Crippen molar-refractivity contribution in [3.63, 3.8) is 0 Å². The van der Waals surface area contributed by atoms with E-state index in [1.807, 2.05) is 0 Å². The number of hydrogen-bond donors (Lipinski definition) is 0. The number of carbonyl (C=O) groups is 3. The largest absolute Gasteiger partial charge is 0.455 e. The van der Waals surface area contributed by atoms with Gasteiger partial charge in [-0.15, -0.1) is 0 Å². The summed E-state index contributed by atoms with van der Waals surface area (Å²) in [5, 5.41) is 0. The van der Waals surface area contributed by atoms with Gasteiger partial charge in [-0.3, -0.25) is 9.59 Å². The molecular formula is C18H20O8. The summed E-state index contributed by atoms with van der Waals surface area (Å²) < 4.78 is 27.1. The van der Waals surface area contributed by atoms with Crippen LogP contribution in [0.4, 0.5) is 0 Å². The fourth-order valence-electron chi connectivity index (χ4n) is 3.18. The van der Waals surface area contributed by atoms with Crippen molar-refractivity contribution in [2.75, 3.05) is 7.11 Å². The minimum atomic E-state index is -1.09. The molecule has 0 amide bonds. The first-order valence-electron chi connectivity index (χ1n) is 8.18. The van der Waals surface area contributed by atoms with Crippen LogP contribution in [0.1, 0.15) is 30.6 Å². The molecule has 140 valence electrons. The summed E-state index contributed by atoms with van der Waals surface area (Å²) in [6, 6.07) is 8.51. The number of ether oxygens (including phenoxy) is 5. The van der Waals surface area contributed by atoms with Crippen LogP contribution >= 0.6 is 0 Å². The van der Waals surface area contributed by atoms with Gasteiger partial charge in [-0.1, -0.05) is 18.2 Å². The SMILES string of the molecule is CO[C@@H]1O[C@@]2(C[C@H]2OC(=O)c2ccccc2)[C@H](OC(C)=O)C1OC(C)=O. The fraction of sp³-hybridized carbons (Fsp3) is 0.500. The van der Waals surface area contributed by atoms with Crippen molar-refractivity contribution in [1.29, 1.82) is 0 Å². The molecule has 0 aromatic heterocycles. The van der Waals surface area contributed by atoms with Crippen molar-refractivity contribution in [2.45, 2.75) is 50.5 Å². The summed E-state index contributed by atoms with van der Waals surface area (Å²) in [6.07, 6.45) is -3.13. The molecule has 1 saturated heterocycles. The maximum absolute atomic E-state index is 12.3. The molecule has 1 heterocycles. The molecule has 2 fully saturated rings. The van der Waals surface area contributed by atoms with Gasteiger partial charge in [-0.25, -0.2) is 4.79 Å². The first kappa shape index (κ1) is 18.3. The van der Waals surface area contributed by atoms with E-state index in [9.17, 15) is 14.4 Å². The number of esters is 3. The van der Waals surface area contributed by atoms with Crippen molar-refractivity contribution in [3.8, 4) is 0 Å². The summed E-state index contributed by atoms with van der Waals surface area (Å²) in [4.78, 5) is 35.2. The van der Waals surface area contributed by atoms with Crippen LogP contribution in [0.5, 0.6) is 0 Å². The van der Waals surface area contributed by atoms with Gasteiger partial charge in [0.15, 0.2) is 24.1 Å². The molecule has 1 unspecified atom stereocenters. The number of benzene rings is 1. The highest BCUT2D eigenvalue weighted by Gasteiger charge is 2.74. The predicted molar refractivity (Wildman–Crippen MR) is 86.0 cm³/mol. The lowest BCUT2D eigenvalue weighted by Gasteiger charge is -2.23. The molecular weight excluding hydrogens is 344 g/mol. The molecule has 0 radical (unpaired) electrons. The molecule has 1 saturated carbocycles. The van der Waals surface area contributed by atoms with Crippen LogP contribution in [0, 0.1) is 0 Å². The predicted octanol–water partition coefficient (Wildman–Crippen LogP) is 1.22. The average molecular weight is 364 g/mol. The number of methoxy groups -OCH3 is 1. The van der Waals surface area contributed by atoms with Gasteiger partial charge >= 0.3 is 17.9 Å². The van der Waals surface area contributed by atoms with E-state index >= 15 is 0 Å². The standard InChI is InChI=1S/C18H20O8/c1-10(19)23-14-15(24-11(2)20)18(26-17(14)22-3)9-13(18)25-16(21)12-7-5-4-6-8-12/h4-8,13-15,17H,9H2,1-3H3/t13-,14?,15-,17-,18-/m1/s1. The second kappa shape index (κ2) is 7.05. The lowest BCUT2D eigenvalue weighted by atomic mass is 10.1. The Kier molecular flexibility index (Phi) is 4.97. The molecule has 2 aliphatic rings. The van der Waals surface area contributed by atoms with Crippen molar-refractivity contribution in [1.82, 2.24) is 0 Å². The zero-order valence-corrected chi connectivity index (χ0v) is 14.7. The molecule has 26 heavy (non-hydrogen) atoms. The maximum atomic E-state index is 12.3. The molecule has 0 N–H and O–H groups in total. The molecule has 3 rings (SSSR count). The maximum Gasteiger partial charge on any atom is 0.338 e. The average Bonchev–Trinajstić information content (AvgIpc) is 3.21. The van der Waals surface area contributed by atoms with E-state index in [-0.39, 0.29) is 0 Å². The van der Waals surface area contributed by atoms with Gasteiger partial charge in [-0.2, -0.15) is 0 Å². The van der Waals surface area contributed by atoms with Crippen LogP contribution in [0.15, 0.2) is 30.3 Å². The molecule has 1 aromatic carbocycles. The first-order chi connectivity index (χ1) is 12.4. The second-order valence-electron chi connectivity index (χ2n) is 6.25. The van der Waals surface area contributed by atoms with E-state index < -0.39 is 48.1 Å². The topological polar surface area (TPSA) is 97.4 Å². The zero-order chi connectivity index (χ0) is 18.9. The summed E-state index contributed by atoms with van der Waals surface area (Å²) in [6.45, 7) is 2.48. The van der Waals surface area contributed by atoms with Crippen molar-refractivity contribution < 1.29 is 38.1 Å². The van der Waals surface area contributed by atoms with Crippen LogP contribution in [0.3, 0.4) is 0 Å². The summed E-state index contributed by atoms with van der Waals surface area (Å²) >= 11 is 0. The third-order valence-electron chi connectivity index (χ3n) is 4.36. The van der Waals surface area contributed by atoms with Crippen molar-refractivity contribution >= 4 is 17.9 Å². The van der Waals surface area contributed by atoms with Crippen molar-refractivity contribution in [2.24, 2.45) is 0 Å². The molecule has 1 aliphatic heterocycles. The van der Waals surface area contributed by atoms with E-state index in [4.69, 9.17) is 23.7 Å². The lowest BCUT2D eigenvalue weighted by molar-refractivity contribution is -0.182. The minimum Gasteiger partial charge on any atom is -0.455 e. The normalized spacial score (nSPS) is 32.1. The smallest absolute Gasteiger partial charge is 0.338 e. The highest BCUT2D eigenvalue weighted by molar-refractivity contribution is 5.89. The Morgan fingerprint density at radius 2 is 1.69 bits per heavy atom. The fourth-order valence-corrected chi connectivity index (χ4v) is 3.18. The van der Waals surface area contributed by atoms with Crippen LogP contribution in [-0.4, -0.2) is 55.2 Å². The van der Waals surface area contributed by atoms with Gasteiger partial charge in [0, 0.05) is 27.4 Å². The summed E-state index contributed by atoms with van der Waals surface area (Å²) in [5.74, 6) is -1.64. The van der Waals surface area contributed by atoms with Gasteiger partial charge in [0.1, 0.15) is 6.10 Å². The first-order valence-corrected chi connectivity index (χ1v) is 8.18. The number of hydrogen-bond acceptors (Lipinski definition) is 8. The Labute approximate surface area is 150 Å². The Balaban J connectivity index is 1.78. The van der Waals surface area contributed by atoms with Crippen molar-refractivity contribution in [3.05, 3.63) is 35.9 Å². The van der Waals surface area contributed by atoms with E-state index in [0.29, 0.717) is 12.0 Å². The quantitative estimate of drug-likeness (QED) is 0.568. The van der Waals surface area contributed by atoms with Gasteiger partial charge in [-0.05, 0) is 12.1 Å². The van der Waals surface area contributed by atoms with Gasteiger partial charge in [0.05, 0.1) is 5.56 Å². The van der Waals surface area contributed by atoms with E-state index in [0.717, 1.165) is 0 Å². The minimum absolute atomic E-state index is 0.307. The van der Waals surface area contributed by atoms with Crippen LogP contribution < -0.4 is 0 Å². The van der Waals surface area contributed by atoms with E-state index in [1.54, 1.807) is 30.3 Å². The van der Waals surface area contributed by atoms with Gasteiger partial charge in [0.25, 0.3) is 0 Å². The Morgan fingerprint density at radius 1 is 1.04 bits per heavy atom. The highest BCUT2D eigenvalue weighted by Crippen LogP contribution is 2.54. The molecule has 8 nitrogen and oxygen atoms in total. The van der Waals surface area contributed by atoms with Gasteiger partial charge < -0.3 is 23.7 Å². The molecule has 1 aliphatic carbocycles.